The molecule has 1 saturated carbocycles. The van der Waals surface area contributed by atoms with Crippen LogP contribution in [0.5, 0.6) is 0 Å². The Labute approximate surface area is 153 Å². The van der Waals surface area contributed by atoms with Crippen molar-refractivity contribution in [2.24, 2.45) is 0 Å². The van der Waals surface area contributed by atoms with Crippen LogP contribution in [0.4, 0.5) is 4.79 Å². The molecule has 1 aliphatic heterocycles. The molecule has 1 unspecified atom stereocenters. The second-order valence-corrected chi connectivity index (χ2v) is 7.49. The summed E-state index contributed by atoms with van der Waals surface area (Å²) < 4.78 is 0. The molecule has 0 radical (unpaired) electrons. The van der Waals surface area contributed by atoms with E-state index in [9.17, 15) is 9.59 Å². The maximum atomic E-state index is 12.6. The third kappa shape index (κ3) is 4.35. The van der Waals surface area contributed by atoms with Crippen molar-refractivity contribution in [2.45, 2.75) is 57.5 Å². The zero-order valence-electron chi connectivity index (χ0n) is 15.6. The third-order valence-corrected chi connectivity index (χ3v) is 5.55. The van der Waals surface area contributed by atoms with Gasteiger partial charge in [0.15, 0.2) is 0 Å². The van der Waals surface area contributed by atoms with Crippen LogP contribution >= 0.6 is 0 Å². The van der Waals surface area contributed by atoms with Crippen LogP contribution in [0, 0.1) is 6.92 Å². The van der Waals surface area contributed by atoms with Crippen molar-refractivity contribution >= 4 is 12.0 Å². The van der Waals surface area contributed by atoms with Gasteiger partial charge in [0.25, 0.3) is 0 Å². The fourth-order valence-electron chi connectivity index (χ4n) is 3.99. The van der Waals surface area contributed by atoms with Gasteiger partial charge in [0.1, 0.15) is 0 Å². The zero-order valence-corrected chi connectivity index (χ0v) is 15.6. The summed E-state index contributed by atoms with van der Waals surface area (Å²) in [5, 5.41) is 19.4. The molecule has 2 amide bonds. The largest absolute Gasteiger partial charge is 0.480 e. The number of nitrogens with one attached hydrogen (secondary N) is 2. The predicted octanol–water partition coefficient (Wildman–Crippen LogP) is 1.54. The molecule has 1 aromatic rings. The molecule has 2 heterocycles. The Morgan fingerprint density at radius 1 is 1.46 bits per heavy atom. The van der Waals surface area contributed by atoms with Gasteiger partial charge < -0.3 is 15.3 Å². The SMILES string of the molecule is CCN(CC(=O)O)C1CC(NC(=O)N2CCCC(c3cc(C)[nH]n3)C2)C1. The second-order valence-electron chi connectivity index (χ2n) is 7.49. The van der Waals surface area contributed by atoms with Gasteiger partial charge in [-0.1, -0.05) is 6.92 Å². The number of rotatable bonds is 6. The van der Waals surface area contributed by atoms with Crippen molar-refractivity contribution in [2.75, 3.05) is 26.2 Å². The minimum Gasteiger partial charge on any atom is -0.480 e. The van der Waals surface area contributed by atoms with Crippen molar-refractivity contribution in [3.63, 3.8) is 0 Å². The van der Waals surface area contributed by atoms with Crippen molar-refractivity contribution in [1.29, 1.82) is 0 Å². The van der Waals surface area contributed by atoms with Gasteiger partial charge in [-0.05, 0) is 45.2 Å². The average molecular weight is 363 g/mol. The van der Waals surface area contributed by atoms with Crippen LogP contribution in [0.1, 0.15) is 49.9 Å². The molecule has 3 rings (SSSR count). The molecule has 3 N–H and O–H groups in total. The van der Waals surface area contributed by atoms with Crippen LogP contribution in [0.15, 0.2) is 6.07 Å². The van der Waals surface area contributed by atoms with Gasteiger partial charge in [-0.25, -0.2) is 4.79 Å². The van der Waals surface area contributed by atoms with Crippen LogP contribution in [0.25, 0.3) is 0 Å². The Morgan fingerprint density at radius 3 is 2.85 bits per heavy atom. The van der Waals surface area contributed by atoms with E-state index in [1.807, 2.05) is 23.6 Å². The smallest absolute Gasteiger partial charge is 0.317 e. The van der Waals surface area contributed by atoms with E-state index in [1.54, 1.807) is 0 Å². The minimum atomic E-state index is -0.799. The Balaban J connectivity index is 1.46. The highest BCUT2D eigenvalue weighted by molar-refractivity contribution is 5.75. The topological polar surface area (TPSA) is 102 Å². The molecule has 2 fully saturated rings. The van der Waals surface area contributed by atoms with Gasteiger partial charge in [-0.15, -0.1) is 0 Å². The Hall–Kier alpha value is -2.09. The lowest BCUT2D eigenvalue weighted by Gasteiger charge is -2.43. The fraction of sp³-hybridized carbons (Fsp3) is 0.722. The minimum absolute atomic E-state index is 0.00769. The number of urea groups is 1. The summed E-state index contributed by atoms with van der Waals surface area (Å²) in [4.78, 5) is 27.3. The van der Waals surface area contributed by atoms with Crippen LogP contribution in [0.3, 0.4) is 0 Å². The molecule has 1 aromatic heterocycles. The summed E-state index contributed by atoms with van der Waals surface area (Å²) in [7, 11) is 0. The van der Waals surface area contributed by atoms with E-state index in [4.69, 9.17) is 5.11 Å². The molecule has 144 valence electrons. The van der Waals surface area contributed by atoms with Gasteiger partial charge in [0.05, 0.1) is 12.2 Å². The van der Waals surface area contributed by atoms with Crippen LogP contribution < -0.4 is 5.32 Å². The molecule has 0 aromatic carbocycles. The highest BCUT2D eigenvalue weighted by atomic mass is 16.4. The first kappa shape index (κ1) is 18.7. The summed E-state index contributed by atoms with van der Waals surface area (Å²) in [6.07, 6.45) is 3.69. The summed E-state index contributed by atoms with van der Waals surface area (Å²) in [6.45, 7) is 6.22. The van der Waals surface area contributed by atoms with E-state index in [1.165, 1.54) is 0 Å². The number of carbonyl (C=O) groups excluding carboxylic acids is 1. The molecule has 1 atom stereocenters. The Morgan fingerprint density at radius 2 is 2.23 bits per heavy atom. The first-order valence-electron chi connectivity index (χ1n) is 9.49. The normalized spacial score (nSPS) is 25.8. The van der Waals surface area contributed by atoms with Crippen LogP contribution in [0.2, 0.25) is 0 Å². The third-order valence-electron chi connectivity index (χ3n) is 5.55. The molecule has 2 aliphatic rings. The molecule has 26 heavy (non-hydrogen) atoms. The summed E-state index contributed by atoms with van der Waals surface area (Å²) in [5.41, 5.74) is 2.08. The average Bonchev–Trinajstić information content (AvgIpc) is 3.02. The molecule has 0 spiro atoms. The Kier molecular flexibility index (Phi) is 5.80. The van der Waals surface area contributed by atoms with Gasteiger partial charge in [0.2, 0.25) is 0 Å². The van der Waals surface area contributed by atoms with Gasteiger partial charge in [0, 0.05) is 36.8 Å². The predicted molar refractivity (Wildman–Crippen MR) is 97.1 cm³/mol. The number of carbonyl (C=O) groups is 2. The number of H-pyrrole nitrogens is 1. The standard InChI is InChI=1S/C18H29N5O3/c1-3-22(11-17(24)25)15-8-14(9-15)19-18(26)23-6-4-5-13(10-23)16-7-12(2)20-21-16/h7,13-15H,3-6,8-11H2,1-2H3,(H,19,26)(H,20,21)(H,24,25). The van der Waals surface area contributed by atoms with Crippen LogP contribution in [-0.4, -0.2) is 75.4 Å². The summed E-state index contributed by atoms with van der Waals surface area (Å²) in [6, 6.07) is 2.45. The van der Waals surface area contributed by atoms with Crippen molar-refractivity contribution in [1.82, 2.24) is 25.3 Å². The van der Waals surface area contributed by atoms with E-state index in [-0.39, 0.29) is 24.7 Å². The molecule has 0 bridgehead atoms. The van der Waals surface area contributed by atoms with Gasteiger partial charge in [-0.3, -0.25) is 14.8 Å². The van der Waals surface area contributed by atoms with E-state index >= 15 is 0 Å². The number of aryl methyl sites for hydroxylation is 1. The van der Waals surface area contributed by atoms with Crippen molar-refractivity contribution in [3.05, 3.63) is 17.5 Å². The molecule has 1 aliphatic carbocycles. The quantitative estimate of drug-likeness (QED) is 0.712. The number of aromatic amines is 1. The molecule has 8 nitrogen and oxygen atoms in total. The van der Waals surface area contributed by atoms with Crippen molar-refractivity contribution in [3.8, 4) is 0 Å². The molecule has 1 saturated heterocycles. The number of aromatic nitrogens is 2. The lowest BCUT2D eigenvalue weighted by molar-refractivity contribution is -0.139. The number of likely N-dealkylation sites (tertiary alicyclic amines) is 1. The number of carboxylic acid groups (broad SMARTS) is 1. The molecular formula is C18H29N5O3. The maximum Gasteiger partial charge on any atom is 0.317 e. The first-order valence-corrected chi connectivity index (χ1v) is 9.49. The summed E-state index contributed by atoms with van der Waals surface area (Å²) in [5.74, 6) is -0.507. The maximum absolute atomic E-state index is 12.6. The Bertz CT molecular complexity index is 641. The number of carboxylic acids is 1. The summed E-state index contributed by atoms with van der Waals surface area (Å²) >= 11 is 0. The van der Waals surface area contributed by atoms with E-state index < -0.39 is 5.97 Å². The number of likely N-dealkylation sites (N-methyl/N-ethyl adjacent to an activating group) is 1. The van der Waals surface area contributed by atoms with E-state index in [0.717, 1.165) is 43.6 Å². The number of nitrogens with zero attached hydrogens (tertiary/aromatic N) is 3. The number of amides is 2. The highest BCUT2D eigenvalue weighted by Gasteiger charge is 2.36. The molecule has 8 heteroatoms. The van der Waals surface area contributed by atoms with Crippen molar-refractivity contribution < 1.29 is 14.7 Å². The van der Waals surface area contributed by atoms with Gasteiger partial charge >= 0.3 is 12.0 Å². The lowest BCUT2D eigenvalue weighted by Crippen LogP contribution is -2.57. The van der Waals surface area contributed by atoms with E-state index in [2.05, 4.69) is 21.6 Å². The monoisotopic (exact) mass is 363 g/mol. The first-order chi connectivity index (χ1) is 12.5. The van der Waals surface area contributed by atoms with Crippen LogP contribution in [-0.2, 0) is 4.79 Å². The lowest BCUT2D eigenvalue weighted by atomic mass is 9.85. The number of hydrogen-bond donors (Lipinski definition) is 3. The van der Waals surface area contributed by atoms with E-state index in [0.29, 0.717) is 19.0 Å². The van der Waals surface area contributed by atoms with Gasteiger partial charge in [-0.2, -0.15) is 5.10 Å². The molecular weight excluding hydrogens is 334 g/mol. The fourth-order valence-corrected chi connectivity index (χ4v) is 3.99. The number of hydrogen-bond acceptors (Lipinski definition) is 4. The highest BCUT2D eigenvalue weighted by Crippen LogP contribution is 2.28. The number of aliphatic carboxylic acids is 1. The second kappa shape index (κ2) is 8.07. The zero-order chi connectivity index (χ0) is 18.7. The number of piperidine rings is 1.